The number of carbonyl (C=O) groups is 2. The standard InChI is InChI=1S/C16H23NO4/c1-4-13(9-15(18)19)10-17-16(20)12(3)21-14-7-5-6-11(2)8-14/h5-8,12-13H,4,9-10H2,1-3H3,(H,17,20)(H,18,19). The van der Waals surface area contributed by atoms with E-state index in [1.807, 2.05) is 32.0 Å². The van der Waals surface area contributed by atoms with Crippen LogP contribution in [0.25, 0.3) is 0 Å². The van der Waals surface area contributed by atoms with Crippen LogP contribution in [0.15, 0.2) is 24.3 Å². The number of hydrogen-bond donors (Lipinski definition) is 2. The molecule has 0 aliphatic heterocycles. The van der Waals surface area contributed by atoms with E-state index in [4.69, 9.17) is 9.84 Å². The lowest BCUT2D eigenvalue weighted by Gasteiger charge is -2.18. The van der Waals surface area contributed by atoms with Gasteiger partial charge in [-0.3, -0.25) is 9.59 Å². The minimum atomic E-state index is -0.847. The topological polar surface area (TPSA) is 75.6 Å². The van der Waals surface area contributed by atoms with Crippen molar-refractivity contribution in [2.75, 3.05) is 6.54 Å². The zero-order valence-corrected chi connectivity index (χ0v) is 12.8. The first-order valence-electron chi connectivity index (χ1n) is 7.15. The van der Waals surface area contributed by atoms with Crippen molar-refractivity contribution < 1.29 is 19.4 Å². The van der Waals surface area contributed by atoms with Crippen LogP contribution in [-0.4, -0.2) is 29.6 Å². The van der Waals surface area contributed by atoms with Crippen molar-refractivity contribution in [3.8, 4) is 5.75 Å². The first-order valence-corrected chi connectivity index (χ1v) is 7.15. The Bertz CT molecular complexity index is 487. The molecule has 1 amide bonds. The normalized spacial score (nSPS) is 13.3. The maximum absolute atomic E-state index is 12.0. The molecule has 0 spiro atoms. The number of ether oxygens (including phenoxy) is 1. The summed E-state index contributed by atoms with van der Waals surface area (Å²) >= 11 is 0. The smallest absolute Gasteiger partial charge is 0.303 e. The van der Waals surface area contributed by atoms with Crippen LogP contribution in [0.3, 0.4) is 0 Å². The van der Waals surface area contributed by atoms with Gasteiger partial charge in [0.05, 0.1) is 0 Å². The van der Waals surface area contributed by atoms with Gasteiger partial charge in [0.15, 0.2) is 6.10 Å². The average molecular weight is 293 g/mol. The number of carboxylic acid groups (broad SMARTS) is 1. The zero-order valence-electron chi connectivity index (χ0n) is 12.8. The largest absolute Gasteiger partial charge is 0.481 e. The number of nitrogens with one attached hydrogen (secondary N) is 1. The Labute approximate surface area is 125 Å². The van der Waals surface area contributed by atoms with Gasteiger partial charge < -0.3 is 15.2 Å². The fourth-order valence-electron chi connectivity index (χ4n) is 1.94. The molecule has 2 N–H and O–H groups in total. The van der Waals surface area contributed by atoms with Gasteiger partial charge in [-0.05, 0) is 37.5 Å². The van der Waals surface area contributed by atoms with Gasteiger partial charge in [0, 0.05) is 13.0 Å². The highest BCUT2D eigenvalue weighted by molar-refractivity contribution is 5.80. The molecule has 0 bridgehead atoms. The van der Waals surface area contributed by atoms with Gasteiger partial charge >= 0.3 is 5.97 Å². The molecule has 0 aliphatic carbocycles. The summed E-state index contributed by atoms with van der Waals surface area (Å²) in [5.74, 6) is -0.492. The number of carbonyl (C=O) groups excluding carboxylic acids is 1. The predicted molar refractivity (Wildman–Crippen MR) is 80.3 cm³/mol. The Hall–Kier alpha value is -2.04. The summed E-state index contributed by atoms with van der Waals surface area (Å²) in [7, 11) is 0. The maximum Gasteiger partial charge on any atom is 0.303 e. The van der Waals surface area contributed by atoms with Crippen LogP contribution in [0.4, 0.5) is 0 Å². The molecule has 0 saturated heterocycles. The Kier molecular flexibility index (Phi) is 6.72. The van der Waals surface area contributed by atoms with Crippen LogP contribution in [0, 0.1) is 12.8 Å². The van der Waals surface area contributed by atoms with Gasteiger partial charge in [-0.15, -0.1) is 0 Å². The summed E-state index contributed by atoms with van der Waals surface area (Å²) < 4.78 is 5.58. The molecule has 2 atom stereocenters. The molecule has 1 aromatic carbocycles. The summed E-state index contributed by atoms with van der Waals surface area (Å²) in [6.07, 6.45) is 0.151. The summed E-state index contributed by atoms with van der Waals surface area (Å²) in [5, 5.41) is 11.5. The molecular weight excluding hydrogens is 270 g/mol. The third kappa shape index (κ3) is 6.29. The monoisotopic (exact) mass is 293 g/mol. The Morgan fingerprint density at radius 1 is 1.38 bits per heavy atom. The average Bonchev–Trinajstić information content (AvgIpc) is 2.42. The number of benzene rings is 1. The lowest BCUT2D eigenvalue weighted by molar-refractivity contribution is -0.138. The number of carboxylic acids is 1. The second-order valence-corrected chi connectivity index (χ2v) is 5.19. The van der Waals surface area contributed by atoms with Gasteiger partial charge in [0.2, 0.25) is 0 Å². The van der Waals surface area contributed by atoms with Crippen LogP contribution in [0.1, 0.15) is 32.3 Å². The van der Waals surface area contributed by atoms with Crippen LogP contribution in [0.5, 0.6) is 5.75 Å². The van der Waals surface area contributed by atoms with Gasteiger partial charge in [-0.2, -0.15) is 0 Å². The van der Waals surface area contributed by atoms with Crippen molar-refractivity contribution in [3.05, 3.63) is 29.8 Å². The Morgan fingerprint density at radius 3 is 2.67 bits per heavy atom. The van der Waals surface area contributed by atoms with Gasteiger partial charge in [0.1, 0.15) is 5.75 Å². The van der Waals surface area contributed by atoms with E-state index in [1.165, 1.54) is 0 Å². The molecule has 0 saturated carbocycles. The van der Waals surface area contributed by atoms with E-state index < -0.39 is 12.1 Å². The van der Waals surface area contributed by atoms with Crippen molar-refractivity contribution in [2.24, 2.45) is 5.92 Å². The number of aliphatic carboxylic acids is 1. The van der Waals surface area contributed by atoms with Gasteiger partial charge in [0.25, 0.3) is 5.91 Å². The second kappa shape index (κ2) is 8.29. The fraction of sp³-hybridized carbons (Fsp3) is 0.500. The first-order chi connectivity index (χ1) is 9.92. The van der Waals surface area contributed by atoms with Crippen molar-refractivity contribution in [2.45, 2.75) is 39.7 Å². The van der Waals surface area contributed by atoms with Crippen LogP contribution in [0.2, 0.25) is 0 Å². The predicted octanol–water partition coefficient (Wildman–Crippen LogP) is 2.38. The molecule has 0 heterocycles. The van der Waals surface area contributed by atoms with Crippen LogP contribution in [-0.2, 0) is 9.59 Å². The van der Waals surface area contributed by atoms with Crippen molar-refractivity contribution in [1.29, 1.82) is 0 Å². The second-order valence-electron chi connectivity index (χ2n) is 5.19. The van der Waals surface area contributed by atoms with E-state index >= 15 is 0 Å². The molecule has 0 radical (unpaired) electrons. The Balaban J connectivity index is 2.45. The van der Waals surface area contributed by atoms with Crippen LogP contribution >= 0.6 is 0 Å². The maximum atomic E-state index is 12.0. The SMILES string of the molecule is CCC(CNC(=O)C(C)Oc1cccc(C)c1)CC(=O)O. The summed E-state index contributed by atoms with van der Waals surface area (Å²) in [6.45, 7) is 5.89. The van der Waals surface area contributed by atoms with Gasteiger partial charge in [-0.25, -0.2) is 0 Å². The molecule has 2 unspecified atom stereocenters. The molecule has 5 heteroatoms. The number of aryl methyl sites for hydroxylation is 1. The summed E-state index contributed by atoms with van der Waals surface area (Å²) in [6, 6.07) is 7.49. The van der Waals surface area contributed by atoms with Gasteiger partial charge in [-0.1, -0.05) is 25.5 Å². The van der Waals surface area contributed by atoms with Crippen molar-refractivity contribution in [3.63, 3.8) is 0 Å². The Morgan fingerprint density at radius 2 is 2.10 bits per heavy atom. The highest BCUT2D eigenvalue weighted by Gasteiger charge is 2.17. The molecule has 116 valence electrons. The van der Waals surface area contributed by atoms with Crippen molar-refractivity contribution in [1.82, 2.24) is 5.32 Å². The first kappa shape index (κ1) is 17.0. The van der Waals surface area contributed by atoms with E-state index in [1.54, 1.807) is 13.0 Å². The van der Waals surface area contributed by atoms with Crippen molar-refractivity contribution >= 4 is 11.9 Å². The third-order valence-corrected chi connectivity index (χ3v) is 3.28. The van der Waals surface area contributed by atoms with E-state index in [0.29, 0.717) is 18.7 Å². The summed E-state index contributed by atoms with van der Waals surface area (Å²) in [5.41, 5.74) is 1.06. The quantitative estimate of drug-likeness (QED) is 0.771. The fourth-order valence-corrected chi connectivity index (χ4v) is 1.94. The zero-order chi connectivity index (χ0) is 15.8. The third-order valence-electron chi connectivity index (χ3n) is 3.28. The molecule has 0 aliphatic rings. The molecule has 0 fully saturated rings. The lowest BCUT2D eigenvalue weighted by Crippen LogP contribution is -2.39. The minimum absolute atomic E-state index is 0.0578. The molecule has 1 aromatic rings. The summed E-state index contributed by atoms with van der Waals surface area (Å²) in [4.78, 5) is 22.6. The lowest BCUT2D eigenvalue weighted by atomic mass is 10.0. The van der Waals surface area contributed by atoms with E-state index in [9.17, 15) is 9.59 Å². The number of amides is 1. The molecule has 1 rings (SSSR count). The molecule has 0 aromatic heterocycles. The highest BCUT2D eigenvalue weighted by atomic mass is 16.5. The molecule has 5 nitrogen and oxygen atoms in total. The van der Waals surface area contributed by atoms with E-state index in [-0.39, 0.29) is 18.2 Å². The number of rotatable bonds is 8. The molecule has 21 heavy (non-hydrogen) atoms. The van der Waals surface area contributed by atoms with E-state index in [0.717, 1.165) is 5.56 Å². The molecular formula is C16H23NO4. The highest BCUT2D eigenvalue weighted by Crippen LogP contribution is 2.14. The van der Waals surface area contributed by atoms with E-state index in [2.05, 4.69) is 5.32 Å². The van der Waals surface area contributed by atoms with Crippen LogP contribution < -0.4 is 10.1 Å². The minimum Gasteiger partial charge on any atom is -0.481 e. The number of hydrogen-bond acceptors (Lipinski definition) is 3.